The molecule has 6 rings (SSSR count). The minimum absolute atomic E-state index is 0.0357. The predicted molar refractivity (Wildman–Crippen MR) is 134 cm³/mol. The van der Waals surface area contributed by atoms with Crippen LogP contribution in [0.3, 0.4) is 0 Å². The van der Waals surface area contributed by atoms with Crippen molar-refractivity contribution in [1.29, 1.82) is 0 Å². The molecule has 0 N–H and O–H groups in total. The summed E-state index contributed by atoms with van der Waals surface area (Å²) in [6.45, 7) is 3.32. The van der Waals surface area contributed by atoms with Gasteiger partial charge in [0.15, 0.2) is 12.6 Å². The zero-order chi connectivity index (χ0) is 23.5. The highest BCUT2D eigenvalue weighted by Gasteiger charge is 2.49. The number of carbonyl (C=O) groups is 1. The van der Waals surface area contributed by atoms with Crippen LogP contribution in [0.5, 0.6) is 5.75 Å². The number of benzene rings is 2. The van der Waals surface area contributed by atoms with E-state index in [9.17, 15) is 4.79 Å². The van der Waals surface area contributed by atoms with Gasteiger partial charge in [-0.25, -0.2) is 0 Å². The van der Waals surface area contributed by atoms with Gasteiger partial charge in [-0.05, 0) is 104 Å². The van der Waals surface area contributed by atoms with E-state index in [4.69, 9.17) is 14.2 Å². The third-order valence-electron chi connectivity index (χ3n) is 8.11. The van der Waals surface area contributed by atoms with Crippen LogP contribution in [0.2, 0.25) is 0 Å². The van der Waals surface area contributed by atoms with Crippen molar-refractivity contribution < 1.29 is 19.0 Å². The van der Waals surface area contributed by atoms with Gasteiger partial charge in [0.1, 0.15) is 5.75 Å². The Kier molecular flexibility index (Phi) is 7.17. The quantitative estimate of drug-likeness (QED) is 0.177. The molecule has 0 aliphatic heterocycles. The first-order valence-corrected chi connectivity index (χ1v) is 12.7. The van der Waals surface area contributed by atoms with Gasteiger partial charge in [-0.1, -0.05) is 35.9 Å². The predicted octanol–water partition coefficient (Wildman–Crippen LogP) is 6.43. The smallest absolute Gasteiger partial charge is 0.189 e. The van der Waals surface area contributed by atoms with Gasteiger partial charge in [-0.3, -0.25) is 4.79 Å². The molecule has 0 saturated heterocycles. The van der Waals surface area contributed by atoms with E-state index in [1.165, 1.54) is 43.2 Å². The second-order valence-electron chi connectivity index (χ2n) is 10.5. The van der Waals surface area contributed by atoms with Gasteiger partial charge < -0.3 is 14.2 Å². The summed E-state index contributed by atoms with van der Waals surface area (Å²) in [5, 5.41) is 0. The Balaban J connectivity index is 1.38. The molecule has 4 fully saturated rings. The Morgan fingerprint density at radius 1 is 0.941 bits per heavy atom. The van der Waals surface area contributed by atoms with Crippen molar-refractivity contribution in [2.45, 2.75) is 44.9 Å². The van der Waals surface area contributed by atoms with E-state index in [0.29, 0.717) is 31.0 Å². The molecule has 0 atom stereocenters. The van der Waals surface area contributed by atoms with Crippen molar-refractivity contribution in [2.24, 2.45) is 23.7 Å². The monoisotopic (exact) mass is 460 g/mol. The summed E-state index contributed by atoms with van der Waals surface area (Å²) < 4.78 is 16.8. The van der Waals surface area contributed by atoms with Gasteiger partial charge >= 0.3 is 0 Å². The second kappa shape index (κ2) is 10.5. The van der Waals surface area contributed by atoms with Crippen LogP contribution in [0, 0.1) is 30.6 Å². The molecule has 0 amide bonds. The summed E-state index contributed by atoms with van der Waals surface area (Å²) in [6, 6.07) is 14.2. The minimum atomic E-state index is 0.0357. The molecule has 180 valence electrons. The highest BCUT2D eigenvalue weighted by Crippen LogP contribution is 2.60. The highest BCUT2D eigenvalue weighted by atomic mass is 16.7. The van der Waals surface area contributed by atoms with E-state index in [1.54, 1.807) is 13.2 Å². The van der Waals surface area contributed by atoms with E-state index in [1.807, 2.05) is 30.3 Å². The molecule has 4 aliphatic rings. The number of rotatable bonds is 10. The van der Waals surface area contributed by atoms with E-state index >= 15 is 0 Å². The molecule has 4 heteroatoms. The number of aryl methyl sites for hydroxylation is 1. The van der Waals surface area contributed by atoms with Crippen LogP contribution in [0.4, 0.5) is 0 Å². The fraction of sp³-hybridized carbons (Fsp3) is 0.500. The minimum Gasteiger partial charge on any atom is -0.467 e. The second-order valence-corrected chi connectivity index (χ2v) is 10.5. The SMILES string of the molecule is COCCOCOc1ccc(C(=O)/C=C/c2ccc(C)cc2)cc1C1C2CC3CC(C2)CC1C3. The van der Waals surface area contributed by atoms with Crippen molar-refractivity contribution >= 4 is 11.9 Å². The maximum Gasteiger partial charge on any atom is 0.189 e. The Hall–Kier alpha value is -2.43. The Morgan fingerprint density at radius 3 is 2.32 bits per heavy atom. The van der Waals surface area contributed by atoms with Gasteiger partial charge in [-0.15, -0.1) is 0 Å². The van der Waals surface area contributed by atoms with Crippen LogP contribution in [0.15, 0.2) is 48.5 Å². The molecule has 0 heterocycles. The number of hydrogen-bond acceptors (Lipinski definition) is 4. The number of ketones is 1. The number of carbonyl (C=O) groups excluding carboxylic acids is 1. The van der Waals surface area contributed by atoms with Gasteiger partial charge in [0.2, 0.25) is 0 Å². The largest absolute Gasteiger partial charge is 0.467 e. The highest BCUT2D eigenvalue weighted by molar-refractivity contribution is 6.07. The Labute approximate surface area is 203 Å². The zero-order valence-electron chi connectivity index (χ0n) is 20.4. The normalized spacial score (nSPS) is 27.4. The van der Waals surface area contributed by atoms with Crippen molar-refractivity contribution in [3.8, 4) is 5.75 Å². The first kappa shape index (κ1) is 23.3. The third-order valence-corrected chi connectivity index (χ3v) is 8.11. The Bertz CT molecular complexity index is 995. The van der Waals surface area contributed by atoms with Crippen LogP contribution in [0.1, 0.15) is 65.1 Å². The fourth-order valence-corrected chi connectivity index (χ4v) is 6.78. The van der Waals surface area contributed by atoms with E-state index in [0.717, 1.165) is 28.7 Å². The van der Waals surface area contributed by atoms with Crippen LogP contribution in [0.25, 0.3) is 6.08 Å². The summed E-state index contributed by atoms with van der Waals surface area (Å²) in [4.78, 5) is 13.1. The summed E-state index contributed by atoms with van der Waals surface area (Å²) in [7, 11) is 1.66. The zero-order valence-corrected chi connectivity index (χ0v) is 20.4. The number of methoxy groups -OCH3 is 1. The molecule has 4 aliphatic carbocycles. The molecule has 0 unspecified atom stereocenters. The molecule has 0 spiro atoms. The number of allylic oxidation sites excluding steroid dienone is 1. The lowest BCUT2D eigenvalue weighted by Gasteiger charge is -2.54. The summed E-state index contributed by atoms with van der Waals surface area (Å²) in [5.74, 6) is 4.62. The molecule has 0 radical (unpaired) electrons. The summed E-state index contributed by atoms with van der Waals surface area (Å²) in [5.41, 5.74) is 4.19. The molecule has 4 nitrogen and oxygen atoms in total. The molecular weight excluding hydrogens is 424 g/mol. The summed E-state index contributed by atoms with van der Waals surface area (Å²) in [6.07, 6.45) is 10.3. The van der Waals surface area contributed by atoms with Crippen molar-refractivity contribution in [2.75, 3.05) is 27.1 Å². The maximum absolute atomic E-state index is 13.1. The molecule has 4 bridgehead atoms. The standard InChI is InChI=1S/C30H36O4/c1-20-3-5-21(6-4-20)7-9-28(31)24-8-10-29(34-19-33-12-11-32-2)27(18-24)30-25-14-22-13-23(16-25)17-26(30)15-22/h3-10,18,22-23,25-26,30H,11-17,19H2,1-2H3/b9-7+. The topological polar surface area (TPSA) is 44.8 Å². The van der Waals surface area contributed by atoms with Crippen LogP contribution in [-0.2, 0) is 9.47 Å². The van der Waals surface area contributed by atoms with Crippen molar-refractivity contribution in [3.63, 3.8) is 0 Å². The lowest BCUT2D eigenvalue weighted by molar-refractivity contribution is -0.0161. The molecule has 4 saturated carbocycles. The molecule has 0 aromatic heterocycles. The fourth-order valence-electron chi connectivity index (χ4n) is 6.78. The summed E-state index contributed by atoms with van der Waals surface area (Å²) >= 11 is 0. The maximum atomic E-state index is 13.1. The third kappa shape index (κ3) is 5.13. The van der Waals surface area contributed by atoms with E-state index < -0.39 is 0 Å². The number of hydrogen-bond donors (Lipinski definition) is 0. The van der Waals surface area contributed by atoms with Gasteiger partial charge in [-0.2, -0.15) is 0 Å². The van der Waals surface area contributed by atoms with Crippen LogP contribution in [-0.4, -0.2) is 32.9 Å². The van der Waals surface area contributed by atoms with Crippen LogP contribution < -0.4 is 4.74 Å². The average molecular weight is 461 g/mol. The lowest BCUT2D eigenvalue weighted by atomic mass is 9.50. The molecular formula is C30H36O4. The van der Waals surface area contributed by atoms with Crippen LogP contribution >= 0.6 is 0 Å². The van der Waals surface area contributed by atoms with Gasteiger partial charge in [0, 0.05) is 12.7 Å². The molecule has 34 heavy (non-hydrogen) atoms. The first-order valence-electron chi connectivity index (χ1n) is 12.7. The van der Waals surface area contributed by atoms with Gasteiger partial charge in [0.25, 0.3) is 0 Å². The van der Waals surface area contributed by atoms with Crippen molar-refractivity contribution in [1.82, 2.24) is 0 Å². The van der Waals surface area contributed by atoms with E-state index in [2.05, 4.69) is 25.1 Å². The van der Waals surface area contributed by atoms with Gasteiger partial charge in [0.05, 0.1) is 13.2 Å². The molecule has 2 aromatic rings. The molecule has 2 aromatic carbocycles. The van der Waals surface area contributed by atoms with E-state index in [-0.39, 0.29) is 12.6 Å². The first-order chi connectivity index (χ1) is 16.6. The Morgan fingerprint density at radius 2 is 1.65 bits per heavy atom. The lowest BCUT2D eigenvalue weighted by Crippen LogP contribution is -2.43. The van der Waals surface area contributed by atoms with Crippen molar-refractivity contribution in [3.05, 3.63) is 70.8 Å². The average Bonchev–Trinajstić information content (AvgIpc) is 2.83. The number of ether oxygens (including phenoxy) is 3.